The fourth-order valence-electron chi connectivity index (χ4n) is 3.50. The largest absolute Gasteiger partial charge is 0.385 e. The van der Waals surface area contributed by atoms with E-state index in [4.69, 9.17) is 10.00 Å². The van der Waals surface area contributed by atoms with E-state index in [-0.39, 0.29) is 18.5 Å². The summed E-state index contributed by atoms with van der Waals surface area (Å²) in [4.78, 5) is 2.22. The number of benzene rings is 1. The Morgan fingerprint density at radius 1 is 1.43 bits per heavy atom. The summed E-state index contributed by atoms with van der Waals surface area (Å²) in [5, 5.41) is 19.7. The number of fused-ring (bicyclic) bond motifs is 2. The summed E-state index contributed by atoms with van der Waals surface area (Å²) in [7, 11) is 2.03. The van der Waals surface area contributed by atoms with Crippen molar-refractivity contribution >= 4 is 0 Å². The Morgan fingerprint density at radius 2 is 2.10 bits per heavy atom. The third-order valence-corrected chi connectivity index (χ3v) is 4.74. The van der Waals surface area contributed by atoms with Crippen molar-refractivity contribution in [2.75, 3.05) is 20.3 Å². The van der Waals surface area contributed by atoms with E-state index in [0.717, 1.165) is 0 Å². The van der Waals surface area contributed by atoms with Crippen LogP contribution in [-0.2, 0) is 16.8 Å². The number of nitrogens with zero attached hydrogens (tertiary/aromatic N) is 2. The third-order valence-electron chi connectivity index (χ3n) is 4.74. The summed E-state index contributed by atoms with van der Waals surface area (Å²) in [5.74, 6) is -0.422. The molecule has 112 valence electrons. The fraction of sp³-hybridized carbons (Fsp3) is 0.562. The van der Waals surface area contributed by atoms with Crippen LogP contribution in [0.1, 0.15) is 24.0 Å². The molecular formula is C16H19FN2O2. The van der Waals surface area contributed by atoms with Gasteiger partial charge in [0, 0.05) is 17.6 Å². The second-order valence-electron chi connectivity index (χ2n) is 6.10. The molecule has 2 aliphatic rings. The van der Waals surface area contributed by atoms with Gasteiger partial charge in [-0.1, -0.05) is 12.1 Å². The van der Waals surface area contributed by atoms with Crippen LogP contribution in [0.25, 0.3) is 0 Å². The van der Waals surface area contributed by atoms with Crippen molar-refractivity contribution in [2.24, 2.45) is 0 Å². The SMILES string of the molecule is CN1C2COCC1CC(O)(c1ccc(CC#N)cc1F)C2. The molecule has 3 rings (SSSR count). The molecule has 0 amide bonds. The predicted octanol–water partition coefficient (Wildman–Crippen LogP) is 1.57. The fourth-order valence-corrected chi connectivity index (χ4v) is 3.50. The molecule has 1 N–H and O–H groups in total. The summed E-state index contributed by atoms with van der Waals surface area (Å²) in [5.41, 5.74) is -0.172. The highest BCUT2D eigenvalue weighted by atomic mass is 19.1. The maximum absolute atomic E-state index is 14.4. The van der Waals surface area contributed by atoms with Gasteiger partial charge in [-0.3, -0.25) is 4.90 Å². The van der Waals surface area contributed by atoms with E-state index in [0.29, 0.717) is 37.2 Å². The highest BCUT2D eigenvalue weighted by Crippen LogP contribution is 2.41. The van der Waals surface area contributed by atoms with Crippen molar-refractivity contribution < 1.29 is 14.2 Å². The van der Waals surface area contributed by atoms with Gasteiger partial charge in [0.05, 0.1) is 31.3 Å². The third kappa shape index (κ3) is 2.55. The number of morpholine rings is 1. The molecule has 2 aliphatic heterocycles. The van der Waals surface area contributed by atoms with E-state index in [9.17, 15) is 9.50 Å². The van der Waals surface area contributed by atoms with E-state index in [1.165, 1.54) is 6.07 Å². The molecule has 2 heterocycles. The average molecular weight is 290 g/mol. The van der Waals surface area contributed by atoms with Gasteiger partial charge >= 0.3 is 0 Å². The molecule has 2 fully saturated rings. The van der Waals surface area contributed by atoms with Crippen LogP contribution < -0.4 is 0 Å². The lowest BCUT2D eigenvalue weighted by Crippen LogP contribution is -2.59. The maximum atomic E-state index is 14.4. The van der Waals surface area contributed by atoms with Crippen LogP contribution in [0.15, 0.2) is 18.2 Å². The van der Waals surface area contributed by atoms with Crippen molar-refractivity contribution in [3.8, 4) is 6.07 Å². The number of hydrogen-bond donors (Lipinski definition) is 1. The number of nitriles is 1. The first-order valence-corrected chi connectivity index (χ1v) is 7.21. The first kappa shape index (κ1) is 14.5. The van der Waals surface area contributed by atoms with Crippen molar-refractivity contribution in [1.29, 1.82) is 5.26 Å². The highest BCUT2D eigenvalue weighted by Gasteiger charge is 2.46. The number of ether oxygens (including phenoxy) is 1. The van der Waals surface area contributed by atoms with Crippen LogP contribution in [0.4, 0.5) is 4.39 Å². The van der Waals surface area contributed by atoms with E-state index in [2.05, 4.69) is 4.90 Å². The second kappa shape index (κ2) is 5.38. The molecule has 2 atom stereocenters. The molecular weight excluding hydrogens is 271 g/mol. The number of piperidine rings is 1. The number of likely N-dealkylation sites (N-methyl/N-ethyl adjacent to an activating group) is 1. The smallest absolute Gasteiger partial charge is 0.129 e. The second-order valence-corrected chi connectivity index (χ2v) is 6.10. The first-order chi connectivity index (χ1) is 10.0. The Labute approximate surface area is 123 Å². The predicted molar refractivity (Wildman–Crippen MR) is 75.0 cm³/mol. The molecule has 0 radical (unpaired) electrons. The number of halogens is 1. The molecule has 2 unspecified atom stereocenters. The highest BCUT2D eigenvalue weighted by molar-refractivity contribution is 5.31. The van der Waals surface area contributed by atoms with Gasteiger partial charge in [0.1, 0.15) is 5.82 Å². The van der Waals surface area contributed by atoms with E-state index in [1.807, 2.05) is 13.1 Å². The molecule has 2 saturated heterocycles. The maximum Gasteiger partial charge on any atom is 0.129 e. The molecule has 0 aromatic heterocycles. The van der Waals surface area contributed by atoms with Crippen molar-refractivity contribution in [3.63, 3.8) is 0 Å². The minimum atomic E-state index is -1.15. The molecule has 0 saturated carbocycles. The molecule has 0 spiro atoms. The van der Waals surface area contributed by atoms with Gasteiger partial charge in [0.25, 0.3) is 0 Å². The van der Waals surface area contributed by atoms with E-state index >= 15 is 0 Å². The normalized spacial score (nSPS) is 32.7. The van der Waals surface area contributed by atoms with Gasteiger partial charge in [0.2, 0.25) is 0 Å². The summed E-state index contributed by atoms with van der Waals surface area (Å²) >= 11 is 0. The van der Waals surface area contributed by atoms with Crippen molar-refractivity contribution in [2.45, 2.75) is 36.9 Å². The van der Waals surface area contributed by atoms with Gasteiger partial charge in [-0.2, -0.15) is 5.26 Å². The summed E-state index contributed by atoms with van der Waals surface area (Å²) in [6.45, 7) is 1.15. The Balaban J connectivity index is 1.91. The molecule has 4 nitrogen and oxygen atoms in total. The Hall–Kier alpha value is -1.48. The molecule has 1 aromatic rings. The Morgan fingerprint density at radius 3 is 2.67 bits per heavy atom. The van der Waals surface area contributed by atoms with E-state index in [1.54, 1.807) is 12.1 Å². The Bertz CT molecular complexity index is 570. The average Bonchev–Trinajstić information content (AvgIpc) is 2.41. The number of aliphatic hydroxyl groups is 1. The molecule has 5 heteroatoms. The van der Waals surface area contributed by atoms with Crippen LogP contribution in [0.5, 0.6) is 0 Å². The minimum absolute atomic E-state index is 0.112. The lowest BCUT2D eigenvalue weighted by atomic mass is 9.76. The zero-order valence-corrected chi connectivity index (χ0v) is 12.1. The van der Waals surface area contributed by atoms with Crippen LogP contribution in [0.3, 0.4) is 0 Å². The summed E-state index contributed by atoms with van der Waals surface area (Å²) in [6, 6.07) is 6.95. The monoisotopic (exact) mass is 290 g/mol. The molecule has 2 bridgehead atoms. The molecule has 1 aromatic carbocycles. The lowest BCUT2D eigenvalue weighted by molar-refractivity contribution is -0.138. The van der Waals surface area contributed by atoms with Crippen LogP contribution in [0.2, 0.25) is 0 Å². The zero-order valence-electron chi connectivity index (χ0n) is 12.1. The van der Waals surface area contributed by atoms with Crippen LogP contribution in [0, 0.1) is 17.1 Å². The van der Waals surface area contributed by atoms with Gasteiger partial charge in [-0.15, -0.1) is 0 Å². The van der Waals surface area contributed by atoms with Crippen LogP contribution in [-0.4, -0.2) is 42.4 Å². The summed E-state index contributed by atoms with van der Waals surface area (Å²) < 4.78 is 19.9. The topological polar surface area (TPSA) is 56.5 Å². The first-order valence-electron chi connectivity index (χ1n) is 7.21. The van der Waals surface area contributed by atoms with Crippen molar-refractivity contribution in [3.05, 3.63) is 35.1 Å². The quantitative estimate of drug-likeness (QED) is 0.898. The lowest BCUT2D eigenvalue weighted by Gasteiger charge is -2.50. The summed E-state index contributed by atoms with van der Waals surface area (Å²) in [6.07, 6.45) is 1.11. The number of rotatable bonds is 2. The number of hydrogen-bond acceptors (Lipinski definition) is 4. The van der Waals surface area contributed by atoms with Gasteiger partial charge in [-0.25, -0.2) is 4.39 Å². The molecule has 0 aliphatic carbocycles. The molecule has 21 heavy (non-hydrogen) atoms. The standard InChI is InChI=1S/C16H19FN2O2/c1-19-12-7-16(20,8-13(19)10-21-9-12)14-3-2-11(4-5-18)6-15(14)17/h2-3,6,12-13,20H,4,7-10H2,1H3. The van der Waals surface area contributed by atoms with Gasteiger partial charge < -0.3 is 9.84 Å². The minimum Gasteiger partial charge on any atom is -0.385 e. The van der Waals surface area contributed by atoms with Crippen molar-refractivity contribution in [1.82, 2.24) is 4.90 Å². The zero-order chi connectivity index (χ0) is 15.0. The Kier molecular flexibility index (Phi) is 3.70. The van der Waals surface area contributed by atoms with Gasteiger partial charge in [0.15, 0.2) is 0 Å². The van der Waals surface area contributed by atoms with Gasteiger partial charge in [-0.05, 0) is 31.5 Å². The van der Waals surface area contributed by atoms with Crippen LogP contribution >= 0.6 is 0 Å². The van der Waals surface area contributed by atoms with E-state index < -0.39 is 11.4 Å².